The van der Waals surface area contributed by atoms with Gasteiger partial charge in [-0.05, 0) is 13.3 Å². The van der Waals surface area contributed by atoms with Crippen LogP contribution in [0.4, 0.5) is 0 Å². The zero-order valence-electron chi connectivity index (χ0n) is 10.2. The molecule has 0 saturated heterocycles. The average Bonchev–Trinajstić information content (AvgIpc) is 2.22. The van der Waals surface area contributed by atoms with Crippen LogP contribution < -0.4 is 0 Å². The van der Waals surface area contributed by atoms with E-state index in [1.165, 1.54) is 0 Å². The summed E-state index contributed by atoms with van der Waals surface area (Å²) in [6.07, 6.45) is 4.69. The van der Waals surface area contributed by atoms with Crippen molar-refractivity contribution in [2.75, 3.05) is 6.61 Å². The van der Waals surface area contributed by atoms with Gasteiger partial charge in [0.1, 0.15) is 0 Å². The fourth-order valence-corrected chi connectivity index (χ4v) is 1.59. The van der Waals surface area contributed by atoms with Gasteiger partial charge in [0.2, 0.25) is 0 Å². The summed E-state index contributed by atoms with van der Waals surface area (Å²) in [4.78, 5) is 22.1. The van der Waals surface area contributed by atoms with Gasteiger partial charge in [-0.15, -0.1) is 0 Å². The minimum atomic E-state index is -0.937. The van der Waals surface area contributed by atoms with Gasteiger partial charge in [0.15, 0.2) is 0 Å². The number of esters is 1. The number of ether oxygens (including phenoxy) is 1. The lowest BCUT2D eigenvalue weighted by Crippen LogP contribution is -2.21. The summed E-state index contributed by atoms with van der Waals surface area (Å²) in [5.41, 5.74) is 0. The summed E-state index contributed by atoms with van der Waals surface area (Å²) in [5.74, 6) is -1.79. The maximum Gasteiger partial charge on any atom is 0.309 e. The molecule has 0 fully saturated rings. The third kappa shape index (κ3) is 7.26. The van der Waals surface area contributed by atoms with Crippen LogP contribution in [0.5, 0.6) is 0 Å². The molecule has 4 nitrogen and oxygen atoms in total. The van der Waals surface area contributed by atoms with E-state index in [4.69, 9.17) is 9.84 Å². The van der Waals surface area contributed by atoms with Gasteiger partial charge in [-0.2, -0.15) is 0 Å². The van der Waals surface area contributed by atoms with Crippen LogP contribution in [-0.4, -0.2) is 23.7 Å². The molecule has 1 unspecified atom stereocenters. The van der Waals surface area contributed by atoms with Crippen LogP contribution in [0, 0.1) is 5.92 Å². The fourth-order valence-electron chi connectivity index (χ4n) is 1.59. The molecule has 16 heavy (non-hydrogen) atoms. The Balaban J connectivity index is 3.99. The lowest BCUT2D eigenvalue weighted by molar-refractivity contribution is -0.153. The van der Waals surface area contributed by atoms with E-state index in [1.54, 1.807) is 6.92 Å². The Bertz CT molecular complexity index is 213. The topological polar surface area (TPSA) is 63.6 Å². The number of carboxylic acids is 1. The lowest BCUT2D eigenvalue weighted by Gasteiger charge is -2.13. The Hall–Kier alpha value is -1.06. The molecule has 0 aliphatic heterocycles. The maximum absolute atomic E-state index is 11.5. The van der Waals surface area contributed by atoms with Crippen molar-refractivity contribution in [3.05, 3.63) is 0 Å². The Kier molecular flexibility index (Phi) is 8.58. The maximum atomic E-state index is 11.5. The molecule has 94 valence electrons. The number of hydrogen-bond acceptors (Lipinski definition) is 3. The molecule has 0 rings (SSSR count). The fraction of sp³-hybridized carbons (Fsp3) is 0.833. The predicted octanol–water partition coefficient (Wildman–Crippen LogP) is 2.61. The molecule has 0 aliphatic rings. The number of rotatable bonds is 9. The summed E-state index contributed by atoms with van der Waals surface area (Å²) < 4.78 is 4.86. The second-order valence-corrected chi connectivity index (χ2v) is 3.90. The smallest absolute Gasteiger partial charge is 0.309 e. The van der Waals surface area contributed by atoms with E-state index in [1.807, 2.05) is 0 Å². The number of carbonyl (C=O) groups is 2. The highest BCUT2D eigenvalue weighted by molar-refractivity contribution is 5.78. The molecule has 0 amide bonds. The molecular weight excluding hydrogens is 208 g/mol. The second kappa shape index (κ2) is 9.19. The Morgan fingerprint density at radius 3 is 2.38 bits per heavy atom. The standard InChI is InChI=1S/C12H22O4/c1-3-5-6-7-8-10(9-11(13)14)12(15)16-4-2/h10H,3-9H2,1-2H3,(H,13,14). The molecule has 0 radical (unpaired) electrons. The van der Waals surface area contributed by atoms with E-state index in [0.717, 1.165) is 25.7 Å². The number of hydrogen-bond donors (Lipinski definition) is 1. The van der Waals surface area contributed by atoms with Gasteiger partial charge in [0.25, 0.3) is 0 Å². The van der Waals surface area contributed by atoms with Crippen LogP contribution in [0.3, 0.4) is 0 Å². The van der Waals surface area contributed by atoms with Crippen molar-refractivity contribution in [1.82, 2.24) is 0 Å². The van der Waals surface area contributed by atoms with Gasteiger partial charge in [-0.3, -0.25) is 9.59 Å². The Morgan fingerprint density at radius 2 is 1.88 bits per heavy atom. The molecule has 1 atom stereocenters. The Morgan fingerprint density at radius 1 is 1.19 bits per heavy atom. The van der Waals surface area contributed by atoms with Gasteiger partial charge < -0.3 is 9.84 Å². The number of aliphatic carboxylic acids is 1. The summed E-state index contributed by atoms with van der Waals surface area (Å²) in [7, 11) is 0. The highest BCUT2D eigenvalue weighted by Crippen LogP contribution is 2.16. The highest BCUT2D eigenvalue weighted by atomic mass is 16.5. The molecule has 4 heteroatoms. The second-order valence-electron chi connectivity index (χ2n) is 3.90. The molecule has 0 aromatic rings. The first-order chi connectivity index (χ1) is 7.61. The van der Waals surface area contributed by atoms with E-state index in [0.29, 0.717) is 13.0 Å². The van der Waals surface area contributed by atoms with E-state index >= 15 is 0 Å². The van der Waals surface area contributed by atoms with E-state index in [2.05, 4.69) is 6.92 Å². The summed E-state index contributed by atoms with van der Waals surface area (Å²) in [5, 5.41) is 8.70. The quantitative estimate of drug-likeness (QED) is 0.488. The normalized spacial score (nSPS) is 12.1. The van der Waals surface area contributed by atoms with Crippen molar-refractivity contribution >= 4 is 11.9 Å². The average molecular weight is 230 g/mol. The van der Waals surface area contributed by atoms with Crippen molar-refractivity contribution in [2.45, 2.75) is 52.4 Å². The first-order valence-corrected chi connectivity index (χ1v) is 6.00. The van der Waals surface area contributed by atoms with Crippen molar-refractivity contribution in [1.29, 1.82) is 0 Å². The SMILES string of the molecule is CCCCCCC(CC(=O)O)C(=O)OCC. The van der Waals surface area contributed by atoms with Gasteiger partial charge >= 0.3 is 11.9 Å². The summed E-state index contributed by atoms with van der Waals surface area (Å²) in [6, 6.07) is 0. The predicted molar refractivity (Wildman–Crippen MR) is 61.1 cm³/mol. The van der Waals surface area contributed by atoms with Gasteiger partial charge in [-0.25, -0.2) is 0 Å². The molecule has 0 aromatic heterocycles. The van der Waals surface area contributed by atoms with Crippen LogP contribution in [0.25, 0.3) is 0 Å². The van der Waals surface area contributed by atoms with E-state index < -0.39 is 11.9 Å². The van der Waals surface area contributed by atoms with E-state index in [-0.39, 0.29) is 12.4 Å². The van der Waals surface area contributed by atoms with Crippen LogP contribution in [-0.2, 0) is 14.3 Å². The van der Waals surface area contributed by atoms with E-state index in [9.17, 15) is 9.59 Å². The molecule has 0 aliphatic carbocycles. The van der Waals surface area contributed by atoms with Gasteiger partial charge in [-0.1, -0.05) is 32.6 Å². The third-order valence-corrected chi connectivity index (χ3v) is 2.45. The first-order valence-electron chi connectivity index (χ1n) is 6.00. The minimum absolute atomic E-state index is 0.120. The molecule has 0 saturated carbocycles. The number of carboxylic acid groups (broad SMARTS) is 1. The largest absolute Gasteiger partial charge is 0.481 e. The monoisotopic (exact) mass is 230 g/mol. The van der Waals surface area contributed by atoms with Crippen molar-refractivity contribution in [3.63, 3.8) is 0 Å². The van der Waals surface area contributed by atoms with Crippen molar-refractivity contribution < 1.29 is 19.4 Å². The molecule has 0 aromatic carbocycles. The van der Waals surface area contributed by atoms with Crippen molar-refractivity contribution in [3.8, 4) is 0 Å². The van der Waals surface area contributed by atoms with Crippen LogP contribution >= 0.6 is 0 Å². The molecule has 0 bridgehead atoms. The summed E-state index contributed by atoms with van der Waals surface area (Å²) >= 11 is 0. The van der Waals surface area contributed by atoms with Crippen LogP contribution in [0.1, 0.15) is 52.4 Å². The third-order valence-electron chi connectivity index (χ3n) is 2.45. The lowest BCUT2D eigenvalue weighted by atomic mass is 9.97. The molecular formula is C12H22O4. The Labute approximate surface area is 97.0 Å². The van der Waals surface area contributed by atoms with Gasteiger partial charge in [0, 0.05) is 0 Å². The zero-order valence-corrected chi connectivity index (χ0v) is 10.2. The molecule has 0 heterocycles. The first kappa shape index (κ1) is 14.9. The zero-order chi connectivity index (χ0) is 12.4. The van der Waals surface area contributed by atoms with Crippen LogP contribution in [0.2, 0.25) is 0 Å². The summed E-state index contributed by atoms with van der Waals surface area (Å²) in [6.45, 7) is 4.15. The van der Waals surface area contributed by atoms with Crippen molar-refractivity contribution in [2.24, 2.45) is 5.92 Å². The minimum Gasteiger partial charge on any atom is -0.481 e. The number of carbonyl (C=O) groups excluding carboxylic acids is 1. The van der Waals surface area contributed by atoms with Gasteiger partial charge in [0.05, 0.1) is 18.9 Å². The number of unbranched alkanes of at least 4 members (excludes halogenated alkanes) is 3. The molecule has 1 N–H and O–H groups in total. The van der Waals surface area contributed by atoms with Crippen LogP contribution in [0.15, 0.2) is 0 Å². The highest BCUT2D eigenvalue weighted by Gasteiger charge is 2.22. The molecule has 0 spiro atoms.